The SMILES string of the molecule is C.CCOc1c(Br)cc(Br)cc1CNCCC1CCC(Nc2nc(N(C)C)c3ccccc3n2)CC1. The summed E-state index contributed by atoms with van der Waals surface area (Å²) in [6, 6.07) is 12.8. The fraction of sp³-hybridized carbons (Fsp3) is 0.500. The smallest absolute Gasteiger partial charge is 0.225 e. The molecule has 1 heterocycles. The molecule has 1 aromatic heterocycles. The third kappa shape index (κ3) is 7.33. The maximum atomic E-state index is 5.85. The van der Waals surface area contributed by atoms with Gasteiger partial charge in [-0.2, -0.15) is 4.98 Å². The molecule has 1 aliphatic rings. The van der Waals surface area contributed by atoms with Gasteiger partial charge in [-0.15, -0.1) is 0 Å². The first-order valence-corrected chi connectivity index (χ1v) is 14.0. The number of benzene rings is 2. The van der Waals surface area contributed by atoms with Crippen molar-refractivity contribution in [3.63, 3.8) is 0 Å². The molecule has 0 bridgehead atoms. The Hall–Kier alpha value is -1.90. The molecule has 2 aromatic carbocycles. The predicted octanol–water partition coefficient (Wildman–Crippen LogP) is 7.41. The van der Waals surface area contributed by atoms with Crippen LogP contribution in [0.25, 0.3) is 10.9 Å². The molecule has 1 saturated carbocycles. The lowest BCUT2D eigenvalue weighted by Crippen LogP contribution is -2.28. The lowest BCUT2D eigenvalue weighted by molar-refractivity contribution is 0.314. The summed E-state index contributed by atoms with van der Waals surface area (Å²) in [4.78, 5) is 11.6. The topological polar surface area (TPSA) is 62.3 Å². The minimum Gasteiger partial charge on any atom is -0.492 e. The zero-order valence-corrected chi connectivity index (χ0v) is 24.0. The van der Waals surface area contributed by atoms with Gasteiger partial charge in [0.1, 0.15) is 11.6 Å². The number of para-hydroxylation sites is 1. The monoisotopic (exact) mass is 619 g/mol. The second kappa shape index (κ2) is 13.6. The number of aromatic nitrogens is 2. The Morgan fingerprint density at radius 1 is 1.06 bits per heavy atom. The average molecular weight is 621 g/mol. The van der Waals surface area contributed by atoms with E-state index in [0.717, 1.165) is 69.2 Å². The standard InChI is InChI=1S/C27H35Br2N5O.CH4/c1-4-35-25-19(15-20(28)16-23(25)29)17-30-14-13-18-9-11-21(12-10-18)31-27-32-24-8-6-5-7-22(24)26(33-27)34(2)3;/h5-8,15-16,18,21,30H,4,9-14,17H2,1-3H3,(H,31,32,33);1H4. The van der Waals surface area contributed by atoms with E-state index in [4.69, 9.17) is 14.7 Å². The Labute approximate surface area is 232 Å². The van der Waals surface area contributed by atoms with Gasteiger partial charge >= 0.3 is 0 Å². The van der Waals surface area contributed by atoms with Gasteiger partial charge in [0, 0.05) is 42.1 Å². The summed E-state index contributed by atoms with van der Waals surface area (Å²) in [6.07, 6.45) is 5.99. The maximum absolute atomic E-state index is 5.85. The quantitative estimate of drug-likeness (QED) is 0.230. The molecule has 2 N–H and O–H groups in total. The highest BCUT2D eigenvalue weighted by Crippen LogP contribution is 2.33. The highest BCUT2D eigenvalue weighted by atomic mass is 79.9. The Morgan fingerprint density at radius 3 is 2.53 bits per heavy atom. The fourth-order valence-electron chi connectivity index (χ4n) is 4.82. The molecular formula is C28H39Br2N5O. The molecule has 0 aliphatic heterocycles. The van der Waals surface area contributed by atoms with Crippen molar-refractivity contribution in [3.05, 3.63) is 50.9 Å². The van der Waals surface area contributed by atoms with Crippen molar-refractivity contribution in [1.82, 2.24) is 15.3 Å². The van der Waals surface area contributed by atoms with Crippen LogP contribution < -0.4 is 20.3 Å². The van der Waals surface area contributed by atoms with Crippen LogP contribution in [0.4, 0.5) is 11.8 Å². The second-order valence-electron chi connectivity index (χ2n) is 9.42. The molecule has 0 atom stereocenters. The number of nitrogens with zero attached hydrogens (tertiary/aromatic N) is 3. The van der Waals surface area contributed by atoms with E-state index < -0.39 is 0 Å². The van der Waals surface area contributed by atoms with Crippen molar-refractivity contribution in [3.8, 4) is 5.75 Å². The molecule has 0 saturated heterocycles. The van der Waals surface area contributed by atoms with Crippen LogP contribution in [-0.4, -0.2) is 43.3 Å². The lowest BCUT2D eigenvalue weighted by atomic mass is 9.84. The van der Waals surface area contributed by atoms with Crippen LogP contribution in [0.15, 0.2) is 45.3 Å². The number of rotatable bonds is 10. The van der Waals surface area contributed by atoms with Gasteiger partial charge in [0.05, 0.1) is 16.6 Å². The van der Waals surface area contributed by atoms with Crippen LogP contribution in [0.1, 0.15) is 52.0 Å². The maximum Gasteiger partial charge on any atom is 0.225 e. The molecule has 0 spiro atoms. The number of ether oxygens (including phenoxy) is 1. The molecule has 196 valence electrons. The number of hydrogen-bond donors (Lipinski definition) is 2. The van der Waals surface area contributed by atoms with E-state index in [9.17, 15) is 0 Å². The summed E-state index contributed by atoms with van der Waals surface area (Å²) in [5.74, 6) is 3.39. The first-order chi connectivity index (χ1) is 16.9. The van der Waals surface area contributed by atoms with Crippen molar-refractivity contribution < 1.29 is 4.74 Å². The fourth-order valence-corrected chi connectivity index (χ4v) is 6.25. The molecule has 0 unspecified atom stereocenters. The third-order valence-electron chi connectivity index (χ3n) is 6.61. The molecule has 36 heavy (non-hydrogen) atoms. The van der Waals surface area contributed by atoms with E-state index in [-0.39, 0.29) is 7.43 Å². The Bertz CT molecular complexity index is 1130. The Morgan fingerprint density at radius 2 is 1.81 bits per heavy atom. The molecule has 4 rings (SSSR count). The van der Waals surface area contributed by atoms with Gasteiger partial charge in [0.2, 0.25) is 5.95 Å². The summed E-state index contributed by atoms with van der Waals surface area (Å²) < 4.78 is 7.90. The molecule has 1 fully saturated rings. The van der Waals surface area contributed by atoms with Gasteiger partial charge in [-0.25, -0.2) is 4.98 Å². The first kappa shape index (κ1) is 28.7. The summed E-state index contributed by atoms with van der Waals surface area (Å²) in [5.41, 5.74) is 2.16. The van der Waals surface area contributed by atoms with E-state index in [1.54, 1.807) is 0 Å². The molecule has 6 nitrogen and oxygen atoms in total. The first-order valence-electron chi connectivity index (χ1n) is 12.5. The van der Waals surface area contributed by atoms with E-state index in [0.29, 0.717) is 12.6 Å². The van der Waals surface area contributed by atoms with Crippen LogP contribution in [0, 0.1) is 5.92 Å². The van der Waals surface area contributed by atoms with Crippen LogP contribution in [0.2, 0.25) is 0 Å². The minimum absolute atomic E-state index is 0. The summed E-state index contributed by atoms with van der Waals surface area (Å²) in [5, 5.41) is 8.33. The van der Waals surface area contributed by atoms with Crippen LogP contribution in [0.3, 0.4) is 0 Å². The van der Waals surface area contributed by atoms with E-state index in [1.165, 1.54) is 24.8 Å². The summed E-state index contributed by atoms with van der Waals surface area (Å²) in [7, 11) is 4.07. The van der Waals surface area contributed by atoms with E-state index in [1.807, 2.05) is 39.2 Å². The normalized spacial score (nSPS) is 17.5. The van der Waals surface area contributed by atoms with Gasteiger partial charge in [-0.05, 0) is 91.7 Å². The highest BCUT2D eigenvalue weighted by molar-refractivity contribution is 9.11. The van der Waals surface area contributed by atoms with E-state index >= 15 is 0 Å². The molecule has 8 heteroatoms. The molecule has 3 aromatic rings. The summed E-state index contributed by atoms with van der Waals surface area (Å²) >= 11 is 7.21. The van der Waals surface area contributed by atoms with Crippen LogP contribution in [-0.2, 0) is 6.54 Å². The lowest BCUT2D eigenvalue weighted by Gasteiger charge is -2.29. The second-order valence-corrected chi connectivity index (χ2v) is 11.2. The number of anilines is 2. The summed E-state index contributed by atoms with van der Waals surface area (Å²) in [6.45, 7) is 4.49. The van der Waals surface area contributed by atoms with Gasteiger partial charge < -0.3 is 20.3 Å². The molecule has 1 aliphatic carbocycles. The highest BCUT2D eigenvalue weighted by Gasteiger charge is 2.22. The van der Waals surface area contributed by atoms with Gasteiger partial charge in [0.15, 0.2) is 0 Å². The number of fused-ring (bicyclic) bond motifs is 1. The molecular weight excluding hydrogens is 582 g/mol. The van der Waals surface area contributed by atoms with Crippen molar-refractivity contribution >= 4 is 54.5 Å². The van der Waals surface area contributed by atoms with Crippen molar-refractivity contribution in [2.75, 3.05) is 37.5 Å². The zero-order chi connectivity index (χ0) is 24.8. The predicted molar refractivity (Wildman–Crippen MR) is 159 cm³/mol. The molecule has 0 radical (unpaired) electrons. The van der Waals surface area contributed by atoms with Crippen molar-refractivity contribution in [2.45, 2.75) is 59.0 Å². The van der Waals surface area contributed by atoms with Crippen LogP contribution in [0.5, 0.6) is 5.75 Å². The Kier molecular flexibility index (Phi) is 10.8. The minimum atomic E-state index is 0. The zero-order valence-electron chi connectivity index (χ0n) is 20.8. The van der Waals surface area contributed by atoms with Gasteiger partial charge in [-0.3, -0.25) is 0 Å². The van der Waals surface area contributed by atoms with Crippen molar-refractivity contribution in [2.24, 2.45) is 5.92 Å². The largest absolute Gasteiger partial charge is 0.492 e. The number of hydrogen-bond acceptors (Lipinski definition) is 6. The average Bonchev–Trinajstić information content (AvgIpc) is 2.84. The van der Waals surface area contributed by atoms with Crippen LogP contribution >= 0.6 is 31.9 Å². The van der Waals surface area contributed by atoms with E-state index in [2.05, 4.69) is 65.6 Å². The Balaban J connectivity index is 0.00000361. The van der Waals surface area contributed by atoms with Gasteiger partial charge in [-0.1, -0.05) is 35.5 Å². The number of nitrogens with one attached hydrogen (secondary N) is 2. The third-order valence-corrected chi connectivity index (χ3v) is 7.65. The molecule has 0 amide bonds. The van der Waals surface area contributed by atoms with Gasteiger partial charge in [0.25, 0.3) is 0 Å². The van der Waals surface area contributed by atoms with Crippen molar-refractivity contribution in [1.29, 1.82) is 0 Å². The number of halogens is 2.